The van der Waals surface area contributed by atoms with Crippen molar-refractivity contribution in [3.8, 4) is 0 Å². The van der Waals surface area contributed by atoms with Crippen LogP contribution in [-0.4, -0.2) is 18.3 Å². The first-order valence-electron chi connectivity index (χ1n) is 6.01. The Morgan fingerprint density at radius 1 is 1.17 bits per heavy atom. The van der Waals surface area contributed by atoms with Crippen molar-refractivity contribution in [1.82, 2.24) is 0 Å². The summed E-state index contributed by atoms with van der Waals surface area (Å²) in [4.78, 5) is 0. The van der Waals surface area contributed by atoms with E-state index >= 15 is 0 Å². The topological polar surface area (TPSA) is 18.5 Å². The number of rotatable bonds is 2. The molecule has 1 aromatic carbocycles. The molecule has 2 rings (SSSR count). The largest absolute Gasteiger partial charge is 0.462 e. The highest BCUT2D eigenvalue weighted by molar-refractivity contribution is 9.10. The van der Waals surface area contributed by atoms with Crippen LogP contribution in [-0.2, 0) is 15.6 Å². The van der Waals surface area contributed by atoms with Gasteiger partial charge in [-0.3, -0.25) is 0 Å². The first-order valence-corrected chi connectivity index (χ1v) is 6.80. The SMILES string of the molecule is CC1(C)OB(Cc2ccc(Br)cc2F)OC1(C)C. The van der Waals surface area contributed by atoms with Gasteiger partial charge in [-0.15, -0.1) is 0 Å². The van der Waals surface area contributed by atoms with Crippen LogP contribution < -0.4 is 0 Å². The van der Waals surface area contributed by atoms with Crippen LogP contribution in [0, 0.1) is 5.82 Å². The summed E-state index contributed by atoms with van der Waals surface area (Å²) in [7, 11) is -0.398. The van der Waals surface area contributed by atoms with E-state index in [4.69, 9.17) is 9.31 Å². The molecule has 0 aliphatic carbocycles. The average Bonchev–Trinajstić information content (AvgIpc) is 2.40. The van der Waals surface area contributed by atoms with Crippen molar-refractivity contribution in [2.45, 2.75) is 45.2 Å². The summed E-state index contributed by atoms with van der Waals surface area (Å²) in [5.74, 6) is -0.237. The standard InChI is InChI=1S/C13H17BBrFO2/c1-12(2)13(3,4)18-14(17-12)8-9-5-6-10(15)7-11(9)16/h5-7H,8H2,1-4H3. The number of benzene rings is 1. The van der Waals surface area contributed by atoms with Gasteiger partial charge < -0.3 is 9.31 Å². The molecule has 1 heterocycles. The molecule has 18 heavy (non-hydrogen) atoms. The van der Waals surface area contributed by atoms with Crippen molar-refractivity contribution in [2.24, 2.45) is 0 Å². The van der Waals surface area contributed by atoms with E-state index in [1.54, 1.807) is 6.07 Å². The van der Waals surface area contributed by atoms with Crippen molar-refractivity contribution in [1.29, 1.82) is 0 Å². The van der Waals surface area contributed by atoms with Crippen LogP contribution in [0.4, 0.5) is 4.39 Å². The van der Waals surface area contributed by atoms with Crippen LogP contribution in [0.3, 0.4) is 0 Å². The van der Waals surface area contributed by atoms with Gasteiger partial charge in [-0.25, -0.2) is 4.39 Å². The van der Waals surface area contributed by atoms with E-state index in [1.165, 1.54) is 6.07 Å². The zero-order valence-corrected chi connectivity index (χ0v) is 12.7. The Kier molecular flexibility index (Phi) is 3.60. The van der Waals surface area contributed by atoms with Gasteiger partial charge in [-0.05, 0) is 45.4 Å². The van der Waals surface area contributed by atoms with Crippen LogP contribution in [0.1, 0.15) is 33.3 Å². The first kappa shape index (κ1) is 14.0. The summed E-state index contributed by atoms with van der Waals surface area (Å²) in [5, 5.41) is 0. The molecule has 1 fully saturated rings. The smallest absolute Gasteiger partial charge is 0.403 e. The van der Waals surface area contributed by atoms with Gasteiger partial charge in [0.2, 0.25) is 0 Å². The first-order chi connectivity index (χ1) is 8.21. The third-order valence-electron chi connectivity index (χ3n) is 3.70. The highest BCUT2D eigenvalue weighted by Crippen LogP contribution is 2.37. The molecule has 98 valence electrons. The lowest BCUT2D eigenvalue weighted by Crippen LogP contribution is -2.41. The minimum Gasteiger partial charge on any atom is -0.403 e. The lowest BCUT2D eigenvalue weighted by Gasteiger charge is -2.32. The molecule has 0 radical (unpaired) electrons. The van der Waals surface area contributed by atoms with E-state index in [9.17, 15) is 4.39 Å². The van der Waals surface area contributed by atoms with E-state index in [2.05, 4.69) is 15.9 Å². The molecular weight excluding hydrogens is 298 g/mol. The molecule has 0 bridgehead atoms. The van der Waals surface area contributed by atoms with Crippen LogP contribution in [0.5, 0.6) is 0 Å². The van der Waals surface area contributed by atoms with Gasteiger partial charge in [0.1, 0.15) is 5.82 Å². The van der Waals surface area contributed by atoms with E-state index in [0.717, 1.165) is 4.47 Å². The summed E-state index contributed by atoms with van der Waals surface area (Å²) >= 11 is 3.24. The minimum absolute atomic E-state index is 0.237. The van der Waals surface area contributed by atoms with Crippen molar-refractivity contribution < 1.29 is 13.7 Å². The molecule has 0 atom stereocenters. The molecule has 1 saturated heterocycles. The Morgan fingerprint density at radius 3 is 2.22 bits per heavy atom. The highest BCUT2D eigenvalue weighted by atomic mass is 79.9. The van der Waals surface area contributed by atoms with Gasteiger partial charge in [0.15, 0.2) is 0 Å². The van der Waals surface area contributed by atoms with Gasteiger partial charge in [-0.2, -0.15) is 0 Å². The third kappa shape index (κ3) is 2.63. The maximum absolute atomic E-state index is 13.7. The van der Waals surface area contributed by atoms with Gasteiger partial charge in [0.25, 0.3) is 0 Å². The summed E-state index contributed by atoms with van der Waals surface area (Å²) in [6.45, 7) is 7.96. The summed E-state index contributed by atoms with van der Waals surface area (Å²) in [6.07, 6.45) is 0.423. The zero-order chi connectivity index (χ0) is 13.6. The number of halogens is 2. The summed E-state index contributed by atoms with van der Waals surface area (Å²) in [5.41, 5.74) is -0.135. The Balaban J connectivity index is 2.12. The second-order valence-electron chi connectivity index (χ2n) is 5.63. The summed E-state index contributed by atoms with van der Waals surface area (Å²) < 4.78 is 26.2. The van der Waals surface area contributed by atoms with Gasteiger partial charge in [0, 0.05) is 10.8 Å². The predicted octanol–water partition coefficient (Wildman–Crippen LogP) is 3.76. The van der Waals surface area contributed by atoms with Gasteiger partial charge in [-0.1, -0.05) is 22.0 Å². The van der Waals surface area contributed by atoms with Crippen molar-refractivity contribution in [2.75, 3.05) is 0 Å². The molecule has 0 amide bonds. The van der Waals surface area contributed by atoms with Crippen LogP contribution in [0.25, 0.3) is 0 Å². The van der Waals surface area contributed by atoms with Crippen LogP contribution in [0.2, 0.25) is 0 Å². The normalized spacial score (nSPS) is 21.3. The number of hydrogen-bond acceptors (Lipinski definition) is 2. The molecule has 5 heteroatoms. The predicted molar refractivity (Wildman–Crippen MR) is 73.9 cm³/mol. The summed E-state index contributed by atoms with van der Waals surface area (Å²) in [6, 6.07) is 5.04. The monoisotopic (exact) mass is 314 g/mol. The Hall–Kier alpha value is -0.385. The maximum Gasteiger partial charge on any atom is 0.462 e. The fraction of sp³-hybridized carbons (Fsp3) is 0.538. The quantitative estimate of drug-likeness (QED) is 0.774. The van der Waals surface area contributed by atoms with Crippen LogP contribution >= 0.6 is 15.9 Å². The van der Waals surface area contributed by atoms with E-state index in [0.29, 0.717) is 11.9 Å². The fourth-order valence-electron chi connectivity index (χ4n) is 1.92. The molecule has 0 N–H and O–H groups in total. The molecule has 0 saturated carbocycles. The molecule has 2 nitrogen and oxygen atoms in total. The fourth-order valence-corrected chi connectivity index (χ4v) is 2.25. The molecule has 0 spiro atoms. The molecule has 1 aliphatic rings. The second-order valence-corrected chi connectivity index (χ2v) is 6.54. The molecule has 0 unspecified atom stereocenters. The molecule has 0 aromatic heterocycles. The van der Waals surface area contributed by atoms with Gasteiger partial charge in [0.05, 0.1) is 11.2 Å². The molecule has 1 aromatic rings. The second kappa shape index (κ2) is 4.62. The number of hydrogen-bond donors (Lipinski definition) is 0. The molecule has 1 aliphatic heterocycles. The Labute approximate surface area is 116 Å². The van der Waals surface area contributed by atoms with Gasteiger partial charge >= 0.3 is 7.12 Å². The van der Waals surface area contributed by atoms with Crippen molar-refractivity contribution in [3.63, 3.8) is 0 Å². The van der Waals surface area contributed by atoms with Crippen LogP contribution in [0.15, 0.2) is 22.7 Å². The van der Waals surface area contributed by atoms with Crippen molar-refractivity contribution in [3.05, 3.63) is 34.1 Å². The van der Waals surface area contributed by atoms with Crippen molar-refractivity contribution >= 4 is 23.0 Å². The maximum atomic E-state index is 13.7. The lowest BCUT2D eigenvalue weighted by atomic mass is 9.80. The average molecular weight is 315 g/mol. The Morgan fingerprint density at radius 2 is 1.72 bits per heavy atom. The lowest BCUT2D eigenvalue weighted by molar-refractivity contribution is 0.00578. The van der Waals surface area contributed by atoms with E-state index in [-0.39, 0.29) is 17.0 Å². The van der Waals surface area contributed by atoms with E-state index in [1.807, 2.05) is 33.8 Å². The highest BCUT2D eigenvalue weighted by Gasteiger charge is 2.50. The molecular formula is C13H17BBrFO2. The zero-order valence-electron chi connectivity index (χ0n) is 11.1. The van der Waals surface area contributed by atoms with E-state index < -0.39 is 7.12 Å². The minimum atomic E-state index is -0.398. The third-order valence-corrected chi connectivity index (χ3v) is 4.20. The Bertz CT molecular complexity index is 446.